The summed E-state index contributed by atoms with van der Waals surface area (Å²) >= 11 is 0. The van der Waals surface area contributed by atoms with Crippen LogP contribution in [0.4, 0.5) is 11.4 Å². The summed E-state index contributed by atoms with van der Waals surface area (Å²) in [6, 6.07) is 11.3. The lowest BCUT2D eigenvalue weighted by atomic mass is 10.1. The topological polar surface area (TPSA) is 93.7 Å². The summed E-state index contributed by atoms with van der Waals surface area (Å²) in [5.74, 6) is 0.547. The molecule has 8 heteroatoms. The standard InChI is InChI=1S/C16H18N2O5S/c1-22-11-8-9-14(15(10-11)23-2)17-16(19)12-6-4-5-7-13(12)18-24(3,20)21/h4-10,18H,1-3H3,(H,17,19). The van der Waals surface area contributed by atoms with Crippen molar-refractivity contribution in [1.82, 2.24) is 0 Å². The normalized spacial score (nSPS) is 10.8. The Balaban J connectivity index is 2.31. The number of para-hydroxylation sites is 1. The van der Waals surface area contributed by atoms with E-state index < -0.39 is 15.9 Å². The van der Waals surface area contributed by atoms with Crippen LogP contribution in [0.2, 0.25) is 0 Å². The molecule has 0 fully saturated rings. The minimum absolute atomic E-state index is 0.195. The van der Waals surface area contributed by atoms with Crippen LogP contribution in [0.3, 0.4) is 0 Å². The highest BCUT2D eigenvalue weighted by atomic mass is 32.2. The number of anilines is 2. The highest BCUT2D eigenvalue weighted by molar-refractivity contribution is 7.92. The van der Waals surface area contributed by atoms with Crippen LogP contribution in [0.15, 0.2) is 42.5 Å². The molecular weight excluding hydrogens is 332 g/mol. The number of ether oxygens (including phenoxy) is 2. The molecule has 0 aliphatic carbocycles. The van der Waals surface area contributed by atoms with E-state index in [2.05, 4.69) is 10.0 Å². The van der Waals surface area contributed by atoms with Gasteiger partial charge in [0.05, 0.1) is 37.4 Å². The Morgan fingerprint density at radius 3 is 2.33 bits per heavy atom. The fourth-order valence-corrected chi connectivity index (χ4v) is 2.64. The lowest BCUT2D eigenvalue weighted by Crippen LogP contribution is -2.17. The summed E-state index contributed by atoms with van der Waals surface area (Å²) in [4.78, 5) is 12.5. The summed E-state index contributed by atoms with van der Waals surface area (Å²) in [5.41, 5.74) is 0.836. The number of amides is 1. The molecule has 0 aromatic heterocycles. The Labute approximate surface area is 140 Å². The molecular formula is C16H18N2O5S. The predicted octanol–water partition coefficient (Wildman–Crippen LogP) is 2.33. The zero-order valence-corrected chi connectivity index (χ0v) is 14.3. The maximum atomic E-state index is 12.5. The van der Waals surface area contributed by atoms with Crippen LogP contribution >= 0.6 is 0 Å². The van der Waals surface area contributed by atoms with E-state index in [4.69, 9.17) is 9.47 Å². The van der Waals surface area contributed by atoms with Crippen LogP contribution in [-0.4, -0.2) is 34.8 Å². The molecule has 0 atom stereocenters. The van der Waals surface area contributed by atoms with Crippen LogP contribution < -0.4 is 19.5 Å². The number of hydrogen-bond acceptors (Lipinski definition) is 5. The van der Waals surface area contributed by atoms with Crippen molar-refractivity contribution >= 4 is 27.3 Å². The molecule has 0 saturated carbocycles. The van der Waals surface area contributed by atoms with Crippen molar-refractivity contribution in [1.29, 1.82) is 0 Å². The lowest BCUT2D eigenvalue weighted by Gasteiger charge is -2.13. The summed E-state index contributed by atoms with van der Waals surface area (Å²) in [7, 11) is -0.495. The van der Waals surface area contributed by atoms with Crippen LogP contribution in [0.5, 0.6) is 11.5 Å². The SMILES string of the molecule is COc1ccc(NC(=O)c2ccccc2NS(C)(=O)=O)c(OC)c1. The van der Waals surface area contributed by atoms with Crippen molar-refractivity contribution in [3.63, 3.8) is 0 Å². The molecule has 0 heterocycles. The number of carbonyl (C=O) groups is 1. The van der Waals surface area contributed by atoms with Crippen molar-refractivity contribution in [2.75, 3.05) is 30.5 Å². The summed E-state index contributed by atoms with van der Waals surface area (Å²) in [5, 5.41) is 2.70. The second-order valence-electron chi connectivity index (χ2n) is 4.94. The predicted molar refractivity (Wildman–Crippen MR) is 92.4 cm³/mol. The molecule has 2 aromatic rings. The molecule has 0 radical (unpaired) electrons. The molecule has 128 valence electrons. The van der Waals surface area contributed by atoms with Crippen molar-refractivity contribution in [3.8, 4) is 11.5 Å². The molecule has 0 aliphatic rings. The smallest absolute Gasteiger partial charge is 0.257 e. The summed E-state index contributed by atoms with van der Waals surface area (Å²) in [6.07, 6.45) is 1.02. The quantitative estimate of drug-likeness (QED) is 0.834. The first kappa shape index (κ1) is 17.6. The van der Waals surface area contributed by atoms with Crippen molar-refractivity contribution in [3.05, 3.63) is 48.0 Å². The van der Waals surface area contributed by atoms with E-state index in [0.717, 1.165) is 6.26 Å². The fraction of sp³-hybridized carbons (Fsp3) is 0.188. The third-order valence-electron chi connectivity index (χ3n) is 3.12. The molecule has 7 nitrogen and oxygen atoms in total. The number of rotatable bonds is 6. The van der Waals surface area contributed by atoms with Crippen LogP contribution in [0.25, 0.3) is 0 Å². The molecule has 1 amide bonds. The van der Waals surface area contributed by atoms with E-state index in [9.17, 15) is 13.2 Å². The van der Waals surface area contributed by atoms with Gasteiger partial charge in [0, 0.05) is 6.07 Å². The van der Waals surface area contributed by atoms with Crippen LogP contribution in [0, 0.1) is 0 Å². The van der Waals surface area contributed by atoms with E-state index in [1.54, 1.807) is 30.3 Å². The molecule has 2 aromatic carbocycles. The second-order valence-corrected chi connectivity index (χ2v) is 6.69. The molecule has 0 unspecified atom stereocenters. The van der Waals surface area contributed by atoms with Crippen molar-refractivity contribution in [2.24, 2.45) is 0 Å². The van der Waals surface area contributed by atoms with E-state index >= 15 is 0 Å². The molecule has 0 saturated heterocycles. The van der Waals surface area contributed by atoms with Gasteiger partial charge in [0.15, 0.2) is 0 Å². The molecule has 0 aliphatic heterocycles. The second kappa shape index (κ2) is 7.22. The Morgan fingerprint density at radius 2 is 1.71 bits per heavy atom. The highest BCUT2D eigenvalue weighted by Gasteiger charge is 2.15. The van der Waals surface area contributed by atoms with E-state index in [0.29, 0.717) is 17.2 Å². The Morgan fingerprint density at radius 1 is 1.00 bits per heavy atom. The average Bonchev–Trinajstić information content (AvgIpc) is 2.54. The van der Waals surface area contributed by atoms with Crippen molar-refractivity contribution < 1.29 is 22.7 Å². The first-order valence-electron chi connectivity index (χ1n) is 6.94. The van der Waals surface area contributed by atoms with E-state index in [-0.39, 0.29) is 11.3 Å². The molecule has 0 spiro atoms. The third-order valence-corrected chi connectivity index (χ3v) is 3.71. The number of methoxy groups -OCH3 is 2. The Hall–Kier alpha value is -2.74. The first-order valence-corrected chi connectivity index (χ1v) is 8.83. The minimum atomic E-state index is -3.50. The van der Waals surface area contributed by atoms with Gasteiger partial charge in [-0.25, -0.2) is 8.42 Å². The molecule has 0 bridgehead atoms. The highest BCUT2D eigenvalue weighted by Crippen LogP contribution is 2.30. The van der Waals surface area contributed by atoms with Crippen LogP contribution in [-0.2, 0) is 10.0 Å². The average molecular weight is 350 g/mol. The lowest BCUT2D eigenvalue weighted by molar-refractivity contribution is 0.102. The number of carbonyl (C=O) groups excluding carboxylic acids is 1. The first-order chi connectivity index (χ1) is 11.3. The van der Waals surface area contributed by atoms with E-state index in [1.807, 2.05) is 0 Å². The number of nitrogens with one attached hydrogen (secondary N) is 2. The number of sulfonamides is 1. The zero-order valence-electron chi connectivity index (χ0n) is 13.5. The minimum Gasteiger partial charge on any atom is -0.497 e. The number of hydrogen-bond donors (Lipinski definition) is 2. The van der Waals surface area contributed by atoms with Gasteiger partial charge in [-0.1, -0.05) is 12.1 Å². The van der Waals surface area contributed by atoms with Gasteiger partial charge in [-0.3, -0.25) is 9.52 Å². The number of benzene rings is 2. The van der Waals surface area contributed by atoms with E-state index in [1.165, 1.54) is 26.4 Å². The van der Waals surface area contributed by atoms with Gasteiger partial charge in [0.25, 0.3) is 5.91 Å². The third kappa shape index (κ3) is 4.39. The molecule has 2 rings (SSSR count). The fourth-order valence-electron chi connectivity index (χ4n) is 2.06. The summed E-state index contributed by atoms with van der Waals surface area (Å²) in [6.45, 7) is 0. The maximum absolute atomic E-state index is 12.5. The van der Waals surface area contributed by atoms with Gasteiger partial charge in [0.2, 0.25) is 10.0 Å². The largest absolute Gasteiger partial charge is 0.497 e. The van der Waals surface area contributed by atoms with Gasteiger partial charge in [0.1, 0.15) is 11.5 Å². The van der Waals surface area contributed by atoms with Gasteiger partial charge in [-0.05, 0) is 24.3 Å². The molecule has 24 heavy (non-hydrogen) atoms. The van der Waals surface area contributed by atoms with Gasteiger partial charge in [-0.15, -0.1) is 0 Å². The zero-order chi connectivity index (χ0) is 17.7. The molecule has 2 N–H and O–H groups in total. The summed E-state index contributed by atoms with van der Waals surface area (Å²) < 4.78 is 35.5. The van der Waals surface area contributed by atoms with Crippen molar-refractivity contribution in [2.45, 2.75) is 0 Å². The maximum Gasteiger partial charge on any atom is 0.257 e. The monoisotopic (exact) mass is 350 g/mol. The van der Waals surface area contributed by atoms with Crippen LogP contribution in [0.1, 0.15) is 10.4 Å². The Kier molecular flexibility index (Phi) is 5.30. The Bertz CT molecular complexity index is 849. The van der Waals surface area contributed by atoms with Gasteiger partial charge < -0.3 is 14.8 Å². The van der Waals surface area contributed by atoms with Gasteiger partial charge >= 0.3 is 0 Å². The van der Waals surface area contributed by atoms with Gasteiger partial charge in [-0.2, -0.15) is 0 Å².